The summed E-state index contributed by atoms with van der Waals surface area (Å²) in [5, 5.41) is 3.05. The van der Waals surface area contributed by atoms with Gasteiger partial charge in [0.2, 0.25) is 10.0 Å². The topological polar surface area (TPSA) is 65.5 Å². The van der Waals surface area contributed by atoms with E-state index < -0.39 is 15.8 Å². The molecule has 6 nitrogen and oxygen atoms in total. The minimum atomic E-state index is -3.64. The Morgan fingerprint density at radius 1 is 1.28 bits per heavy atom. The van der Waals surface area contributed by atoms with Gasteiger partial charge in [0.25, 0.3) is 0 Å². The molecule has 1 aromatic carbocycles. The van der Waals surface area contributed by atoms with Gasteiger partial charge in [-0.05, 0) is 32.2 Å². The minimum absolute atomic E-state index is 0.0627. The lowest BCUT2D eigenvalue weighted by Crippen LogP contribution is -2.47. The summed E-state index contributed by atoms with van der Waals surface area (Å²) in [4.78, 5) is 8.58. The molecule has 1 unspecified atom stereocenters. The number of nitrogens with one attached hydrogen (secondary N) is 1. The van der Waals surface area contributed by atoms with Crippen molar-refractivity contribution in [1.29, 1.82) is 0 Å². The Balaban J connectivity index is 1.69. The number of hydrogen-bond acceptors (Lipinski definition) is 6. The lowest BCUT2D eigenvalue weighted by molar-refractivity contribution is 0.198. The maximum Gasteiger partial charge on any atom is 0.240 e. The predicted molar refractivity (Wildman–Crippen MR) is 97.0 cm³/mol. The quantitative estimate of drug-likeness (QED) is 0.855. The van der Waals surface area contributed by atoms with Gasteiger partial charge in [-0.15, -0.1) is 11.3 Å². The molecule has 2 heterocycles. The van der Waals surface area contributed by atoms with Crippen LogP contribution >= 0.6 is 11.3 Å². The van der Waals surface area contributed by atoms with Crippen LogP contribution < -0.4 is 9.62 Å². The Kier molecular flexibility index (Phi) is 5.38. The number of piperazine rings is 1. The Morgan fingerprint density at radius 3 is 2.56 bits per heavy atom. The summed E-state index contributed by atoms with van der Waals surface area (Å²) in [6.07, 6.45) is 1.81. The third kappa shape index (κ3) is 3.84. The molecule has 136 valence electrons. The summed E-state index contributed by atoms with van der Waals surface area (Å²) in [6, 6.07) is 4.30. The van der Waals surface area contributed by atoms with Crippen molar-refractivity contribution in [2.75, 3.05) is 38.1 Å². The second-order valence-corrected chi connectivity index (χ2v) is 8.70. The largest absolute Gasteiger partial charge is 0.367 e. The van der Waals surface area contributed by atoms with Gasteiger partial charge in [-0.3, -0.25) is 4.90 Å². The molecule has 1 aliphatic heterocycles. The molecule has 3 rings (SSSR count). The Hall–Kier alpha value is -1.55. The first-order valence-corrected chi connectivity index (χ1v) is 10.4. The van der Waals surface area contributed by atoms with E-state index >= 15 is 0 Å². The van der Waals surface area contributed by atoms with Gasteiger partial charge in [0.05, 0.1) is 16.6 Å². The number of thiazole rings is 1. The normalized spacial score (nSPS) is 17.6. The molecule has 1 fully saturated rings. The van der Waals surface area contributed by atoms with Gasteiger partial charge in [-0.1, -0.05) is 0 Å². The van der Waals surface area contributed by atoms with Crippen LogP contribution in [0.2, 0.25) is 0 Å². The van der Waals surface area contributed by atoms with E-state index in [1.807, 2.05) is 16.5 Å². The zero-order chi connectivity index (χ0) is 18.0. The maximum atomic E-state index is 14.4. The second-order valence-electron chi connectivity index (χ2n) is 5.89. The summed E-state index contributed by atoms with van der Waals surface area (Å²) in [7, 11) is -2.33. The van der Waals surface area contributed by atoms with Crippen molar-refractivity contribution in [2.45, 2.75) is 17.9 Å². The third-order valence-corrected chi connectivity index (χ3v) is 6.87. The van der Waals surface area contributed by atoms with Crippen LogP contribution in [0, 0.1) is 5.82 Å². The molecule has 1 saturated heterocycles. The summed E-state index contributed by atoms with van der Waals surface area (Å²) in [5.74, 6) is -0.516. The highest BCUT2D eigenvalue weighted by atomic mass is 32.2. The van der Waals surface area contributed by atoms with Crippen LogP contribution in [0.1, 0.15) is 18.0 Å². The highest BCUT2D eigenvalue weighted by molar-refractivity contribution is 7.89. The molecule has 0 bridgehead atoms. The molecular weight excluding hydrogens is 363 g/mol. The zero-order valence-corrected chi connectivity index (χ0v) is 15.8. The van der Waals surface area contributed by atoms with E-state index in [0.29, 0.717) is 18.8 Å². The van der Waals surface area contributed by atoms with Crippen LogP contribution in [0.25, 0.3) is 0 Å². The Labute approximate surface area is 151 Å². The van der Waals surface area contributed by atoms with Crippen molar-refractivity contribution < 1.29 is 12.8 Å². The summed E-state index contributed by atoms with van der Waals surface area (Å²) in [5.41, 5.74) is 0.441. The van der Waals surface area contributed by atoms with E-state index in [4.69, 9.17) is 0 Å². The smallest absolute Gasteiger partial charge is 0.240 e. The van der Waals surface area contributed by atoms with Crippen LogP contribution in [0.3, 0.4) is 0 Å². The molecule has 0 saturated carbocycles. The van der Waals surface area contributed by atoms with Crippen LogP contribution in [0.4, 0.5) is 10.1 Å². The fraction of sp³-hybridized carbons (Fsp3) is 0.438. The number of anilines is 1. The SMILES string of the molecule is CNS(=O)(=O)c1ccc(N2CCN(C(C)c3nccs3)CC2)c(F)c1. The van der Waals surface area contributed by atoms with Gasteiger partial charge in [0.1, 0.15) is 10.8 Å². The number of nitrogens with zero attached hydrogens (tertiary/aromatic N) is 3. The van der Waals surface area contributed by atoms with Gasteiger partial charge < -0.3 is 4.90 Å². The van der Waals surface area contributed by atoms with Crippen molar-refractivity contribution in [3.63, 3.8) is 0 Å². The molecule has 2 aromatic rings. The van der Waals surface area contributed by atoms with Gasteiger partial charge in [0.15, 0.2) is 0 Å². The van der Waals surface area contributed by atoms with E-state index in [0.717, 1.165) is 24.2 Å². The monoisotopic (exact) mass is 384 g/mol. The molecule has 1 N–H and O–H groups in total. The standard InChI is InChI=1S/C16H21FN4O2S2/c1-12(16-19-5-10-24-16)20-6-8-21(9-7-20)15-4-3-13(11-14(15)17)25(22,23)18-2/h3-5,10-12,18H,6-9H2,1-2H3. The number of hydrogen-bond donors (Lipinski definition) is 1. The molecule has 0 aliphatic carbocycles. The van der Waals surface area contributed by atoms with E-state index in [9.17, 15) is 12.8 Å². The van der Waals surface area contributed by atoms with Crippen LogP contribution in [0.5, 0.6) is 0 Å². The molecule has 9 heteroatoms. The first kappa shape index (κ1) is 18.2. The van der Waals surface area contributed by atoms with Crippen molar-refractivity contribution in [1.82, 2.24) is 14.6 Å². The van der Waals surface area contributed by atoms with Crippen molar-refractivity contribution in [3.8, 4) is 0 Å². The fourth-order valence-electron chi connectivity index (χ4n) is 2.98. The zero-order valence-electron chi connectivity index (χ0n) is 14.1. The van der Waals surface area contributed by atoms with Gasteiger partial charge in [-0.2, -0.15) is 0 Å². The number of sulfonamides is 1. The number of halogens is 1. The van der Waals surface area contributed by atoms with Crippen molar-refractivity contribution in [2.24, 2.45) is 0 Å². The predicted octanol–water partition coefficient (Wildman–Crippen LogP) is 2.07. The molecule has 1 aromatic heterocycles. The number of benzene rings is 1. The molecule has 1 aliphatic rings. The molecule has 0 spiro atoms. The number of aromatic nitrogens is 1. The van der Waals surface area contributed by atoms with Crippen LogP contribution in [0.15, 0.2) is 34.7 Å². The van der Waals surface area contributed by atoms with Crippen molar-refractivity contribution >= 4 is 27.0 Å². The molecule has 0 radical (unpaired) electrons. The fourth-order valence-corrected chi connectivity index (χ4v) is 4.45. The van der Waals surface area contributed by atoms with Gasteiger partial charge >= 0.3 is 0 Å². The summed E-state index contributed by atoms with van der Waals surface area (Å²) >= 11 is 1.64. The van der Waals surface area contributed by atoms with E-state index in [1.54, 1.807) is 17.4 Å². The average Bonchev–Trinajstić information content (AvgIpc) is 3.16. The van der Waals surface area contributed by atoms with Crippen LogP contribution in [-0.4, -0.2) is 51.5 Å². The lowest BCUT2D eigenvalue weighted by Gasteiger charge is -2.38. The van der Waals surface area contributed by atoms with Gasteiger partial charge in [-0.25, -0.2) is 22.5 Å². The number of rotatable bonds is 5. The second kappa shape index (κ2) is 7.36. The van der Waals surface area contributed by atoms with E-state index in [2.05, 4.69) is 21.5 Å². The Morgan fingerprint density at radius 2 is 2.00 bits per heavy atom. The first-order chi connectivity index (χ1) is 11.9. The summed E-state index contributed by atoms with van der Waals surface area (Å²) < 4.78 is 40.2. The third-order valence-electron chi connectivity index (χ3n) is 4.51. The van der Waals surface area contributed by atoms with E-state index in [1.165, 1.54) is 13.1 Å². The lowest BCUT2D eigenvalue weighted by atomic mass is 10.2. The summed E-state index contributed by atoms with van der Waals surface area (Å²) in [6.45, 7) is 5.11. The maximum absolute atomic E-state index is 14.4. The molecule has 0 amide bonds. The minimum Gasteiger partial charge on any atom is -0.367 e. The van der Waals surface area contributed by atoms with Gasteiger partial charge in [0, 0.05) is 37.8 Å². The highest BCUT2D eigenvalue weighted by Crippen LogP contribution is 2.27. The highest BCUT2D eigenvalue weighted by Gasteiger charge is 2.25. The van der Waals surface area contributed by atoms with E-state index in [-0.39, 0.29) is 10.9 Å². The van der Waals surface area contributed by atoms with Crippen LogP contribution in [-0.2, 0) is 10.0 Å². The molecular formula is C16H21FN4O2S2. The molecule has 25 heavy (non-hydrogen) atoms. The first-order valence-electron chi connectivity index (χ1n) is 8.04. The molecule has 1 atom stereocenters. The van der Waals surface area contributed by atoms with Crippen molar-refractivity contribution in [3.05, 3.63) is 40.6 Å². The Bertz CT molecular complexity index is 819. The average molecular weight is 385 g/mol.